The average Bonchev–Trinajstić information content (AvgIpc) is 2.61. The molecule has 0 aromatic carbocycles. The molecule has 0 aliphatic carbocycles. The lowest BCUT2D eigenvalue weighted by Crippen LogP contribution is -1.92. The van der Waals surface area contributed by atoms with Crippen LogP contribution in [0.4, 0.5) is 0 Å². The predicted octanol–water partition coefficient (Wildman–Crippen LogP) is 3.70. The number of thioether (sulfide) groups is 1. The van der Waals surface area contributed by atoms with Gasteiger partial charge in [-0.15, -0.1) is 11.8 Å². The van der Waals surface area contributed by atoms with Gasteiger partial charge in [-0.2, -0.15) is 5.26 Å². The van der Waals surface area contributed by atoms with Crippen molar-refractivity contribution >= 4 is 11.8 Å². The summed E-state index contributed by atoms with van der Waals surface area (Å²) >= 11 is 1.54. The Morgan fingerprint density at radius 1 is 1.00 bits per heavy atom. The molecule has 0 saturated carbocycles. The molecule has 0 fully saturated rings. The van der Waals surface area contributed by atoms with Gasteiger partial charge in [-0.3, -0.25) is 9.97 Å². The molecule has 3 aromatic rings. The molecule has 3 rings (SSSR count). The second kappa shape index (κ2) is 6.83. The van der Waals surface area contributed by atoms with Crippen molar-refractivity contribution < 1.29 is 0 Å². The largest absolute Gasteiger partial charge is 0.265 e. The van der Waals surface area contributed by atoms with Crippen LogP contribution >= 0.6 is 11.8 Å². The Bertz CT molecular complexity index is 798. The van der Waals surface area contributed by atoms with Crippen LogP contribution in [0, 0.1) is 11.3 Å². The van der Waals surface area contributed by atoms with Gasteiger partial charge < -0.3 is 0 Å². The van der Waals surface area contributed by atoms with Crippen LogP contribution in [0.15, 0.2) is 66.2 Å². The van der Waals surface area contributed by atoms with Gasteiger partial charge in [0.15, 0.2) is 0 Å². The Kier molecular flexibility index (Phi) is 4.42. The van der Waals surface area contributed by atoms with Crippen molar-refractivity contribution in [1.82, 2.24) is 15.0 Å². The number of pyridine rings is 3. The maximum atomic E-state index is 9.25. The van der Waals surface area contributed by atoms with Crippen molar-refractivity contribution in [3.05, 3.63) is 72.3 Å². The van der Waals surface area contributed by atoms with Crippen LogP contribution in [-0.2, 0) is 5.75 Å². The Balaban J connectivity index is 1.87. The first kappa shape index (κ1) is 14.2. The molecule has 0 atom stereocenters. The Morgan fingerprint density at radius 3 is 2.59 bits per heavy atom. The summed E-state index contributed by atoms with van der Waals surface area (Å²) in [6, 6.07) is 13.6. The van der Waals surface area contributed by atoms with E-state index in [0.717, 1.165) is 27.6 Å². The normalized spacial score (nSPS) is 10.1. The second-order valence-corrected chi connectivity index (χ2v) is 5.51. The smallest absolute Gasteiger partial charge is 0.115 e. The summed E-state index contributed by atoms with van der Waals surface area (Å²) in [7, 11) is 0. The van der Waals surface area contributed by atoms with Gasteiger partial charge in [-0.25, -0.2) is 4.98 Å². The summed E-state index contributed by atoms with van der Waals surface area (Å²) in [5.41, 5.74) is 3.53. The highest BCUT2D eigenvalue weighted by molar-refractivity contribution is 7.98. The highest BCUT2D eigenvalue weighted by Crippen LogP contribution is 2.27. The van der Waals surface area contributed by atoms with E-state index >= 15 is 0 Å². The van der Waals surface area contributed by atoms with Gasteiger partial charge in [0.1, 0.15) is 11.1 Å². The topological polar surface area (TPSA) is 62.5 Å². The quantitative estimate of drug-likeness (QED) is 0.688. The number of rotatable bonds is 4. The molecular weight excluding hydrogens is 292 g/mol. The molecule has 106 valence electrons. The Hall–Kier alpha value is -2.71. The maximum Gasteiger partial charge on any atom is 0.115 e. The highest BCUT2D eigenvalue weighted by Gasteiger charge is 2.08. The van der Waals surface area contributed by atoms with E-state index in [1.54, 1.807) is 30.4 Å². The number of aromatic nitrogens is 3. The fraction of sp³-hybridized carbons (Fsp3) is 0.0588. The van der Waals surface area contributed by atoms with Gasteiger partial charge in [-0.05, 0) is 35.9 Å². The van der Waals surface area contributed by atoms with Gasteiger partial charge in [-0.1, -0.05) is 6.07 Å². The van der Waals surface area contributed by atoms with Crippen LogP contribution < -0.4 is 0 Å². The SMILES string of the molecule is N#Cc1ccc(-c2ccncc2)nc1SCc1cccnc1. The van der Waals surface area contributed by atoms with E-state index in [1.807, 2.05) is 42.6 Å². The molecule has 3 aromatic heterocycles. The van der Waals surface area contributed by atoms with Gasteiger partial charge in [0.25, 0.3) is 0 Å². The molecular formula is C17H12N4S. The van der Waals surface area contributed by atoms with Crippen LogP contribution in [0.25, 0.3) is 11.3 Å². The second-order valence-electron chi connectivity index (χ2n) is 4.55. The Labute approximate surface area is 132 Å². The maximum absolute atomic E-state index is 9.25. The summed E-state index contributed by atoms with van der Waals surface area (Å²) in [4.78, 5) is 12.7. The fourth-order valence-electron chi connectivity index (χ4n) is 1.95. The molecule has 0 aliphatic heterocycles. The molecule has 0 radical (unpaired) electrons. The van der Waals surface area contributed by atoms with Crippen molar-refractivity contribution in [2.45, 2.75) is 10.8 Å². The fourth-order valence-corrected chi connectivity index (χ4v) is 2.86. The minimum atomic E-state index is 0.590. The number of hydrogen-bond donors (Lipinski definition) is 0. The summed E-state index contributed by atoms with van der Waals surface area (Å²) in [5, 5.41) is 9.99. The van der Waals surface area contributed by atoms with Crippen molar-refractivity contribution in [2.75, 3.05) is 0 Å². The third-order valence-corrected chi connectivity index (χ3v) is 4.12. The summed E-state index contributed by atoms with van der Waals surface area (Å²) in [5.74, 6) is 0.731. The van der Waals surface area contributed by atoms with Crippen LogP contribution in [-0.4, -0.2) is 15.0 Å². The third-order valence-electron chi connectivity index (χ3n) is 3.06. The number of nitriles is 1. The van der Waals surface area contributed by atoms with Gasteiger partial charge in [0, 0.05) is 36.1 Å². The lowest BCUT2D eigenvalue weighted by Gasteiger charge is -2.06. The molecule has 0 spiro atoms. The standard InChI is InChI=1S/C17H12N4S/c18-10-15-3-4-16(14-5-8-19-9-6-14)21-17(15)22-12-13-2-1-7-20-11-13/h1-9,11H,12H2. The minimum Gasteiger partial charge on any atom is -0.265 e. The number of nitrogens with zero attached hydrogens (tertiary/aromatic N) is 4. The van der Waals surface area contributed by atoms with E-state index in [9.17, 15) is 5.26 Å². The molecule has 0 saturated heterocycles. The van der Waals surface area contributed by atoms with E-state index in [4.69, 9.17) is 0 Å². The molecule has 0 amide bonds. The minimum absolute atomic E-state index is 0.590. The molecule has 0 unspecified atom stereocenters. The molecule has 5 heteroatoms. The monoisotopic (exact) mass is 304 g/mol. The molecule has 0 bridgehead atoms. The molecule has 22 heavy (non-hydrogen) atoms. The van der Waals surface area contributed by atoms with E-state index < -0.39 is 0 Å². The van der Waals surface area contributed by atoms with Gasteiger partial charge >= 0.3 is 0 Å². The van der Waals surface area contributed by atoms with E-state index in [1.165, 1.54) is 0 Å². The van der Waals surface area contributed by atoms with Crippen molar-refractivity contribution in [2.24, 2.45) is 0 Å². The Morgan fingerprint density at radius 2 is 1.86 bits per heavy atom. The van der Waals surface area contributed by atoms with E-state index in [0.29, 0.717) is 5.56 Å². The lowest BCUT2D eigenvalue weighted by atomic mass is 10.1. The zero-order chi connectivity index (χ0) is 15.2. The molecule has 4 nitrogen and oxygen atoms in total. The third kappa shape index (κ3) is 3.30. The predicted molar refractivity (Wildman–Crippen MR) is 86.0 cm³/mol. The summed E-state index contributed by atoms with van der Waals surface area (Å²) in [6.07, 6.45) is 7.04. The van der Waals surface area contributed by atoms with Crippen LogP contribution in [0.5, 0.6) is 0 Å². The molecule has 3 heterocycles. The molecule has 0 aliphatic rings. The zero-order valence-electron chi connectivity index (χ0n) is 11.7. The first-order valence-electron chi connectivity index (χ1n) is 6.70. The van der Waals surface area contributed by atoms with E-state index in [-0.39, 0.29) is 0 Å². The van der Waals surface area contributed by atoms with E-state index in [2.05, 4.69) is 21.0 Å². The lowest BCUT2D eigenvalue weighted by molar-refractivity contribution is 1.11. The van der Waals surface area contributed by atoms with Crippen LogP contribution in [0.3, 0.4) is 0 Å². The van der Waals surface area contributed by atoms with Crippen LogP contribution in [0.2, 0.25) is 0 Å². The van der Waals surface area contributed by atoms with Gasteiger partial charge in [0.05, 0.1) is 11.3 Å². The highest BCUT2D eigenvalue weighted by atomic mass is 32.2. The zero-order valence-corrected chi connectivity index (χ0v) is 12.5. The summed E-state index contributed by atoms with van der Waals surface area (Å²) in [6.45, 7) is 0. The van der Waals surface area contributed by atoms with Gasteiger partial charge in [0.2, 0.25) is 0 Å². The first-order chi connectivity index (χ1) is 10.9. The van der Waals surface area contributed by atoms with Crippen molar-refractivity contribution in [3.63, 3.8) is 0 Å². The van der Waals surface area contributed by atoms with Crippen LogP contribution in [0.1, 0.15) is 11.1 Å². The van der Waals surface area contributed by atoms with Crippen molar-refractivity contribution in [1.29, 1.82) is 5.26 Å². The van der Waals surface area contributed by atoms with Crippen molar-refractivity contribution in [3.8, 4) is 17.3 Å². The molecule has 0 N–H and O–H groups in total. The summed E-state index contributed by atoms with van der Waals surface area (Å²) < 4.78 is 0. The average molecular weight is 304 g/mol. The number of hydrogen-bond acceptors (Lipinski definition) is 5. The first-order valence-corrected chi connectivity index (χ1v) is 7.68.